The highest BCUT2D eigenvalue weighted by Crippen LogP contribution is 2.58. The molecule has 136 valence electrons. The summed E-state index contributed by atoms with van der Waals surface area (Å²) in [5.41, 5.74) is 2.88. The molecular weight excluding hydrogens is 346 g/mol. The van der Waals surface area contributed by atoms with Crippen molar-refractivity contribution >= 4 is 17.9 Å². The minimum absolute atomic E-state index is 0.0616. The van der Waals surface area contributed by atoms with Gasteiger partial charge in [0.15, 0.2) is 0 Å². The molecule has 1 unspecified atom stereocenters. The van der Waals surface area contributed by atoms with Crippen molar-refractivity contribution in [3.05, 3.63) is 64.2 Å². The third-order valence-electron chi connectivity index (χ3n) is 6.42. The largest absolute Gasteiger partial charge is 0.495 e. The van der Waals surface area contributed by atoms with Crippen molar-refractivity contribution < 1.29 is 9.53 Å². The summed E-state index contributed by atoms with van der Waals surface area (Å²) in [7, 11) is 1.64. The topological polar surface area (TPSA) is 38.3 Å². The quantitative estimate of drug-likeness (QED) is 0.829. The number of rotatable bonds is 4. The number of carbonyl (C=O) groups is 1. The van der Waals surface area contributed by atoms with Crippen LogP contribution < -0.4 is 10.1 Å². The number of hydrogen-bond acceptors (Lipinski definition) is 3. The van der Waals surface area contributed by atoms with Gasteiger partial charge in [-0.05, 0) is 73.0 Å². The van der Waals surface area contributed by atoms with Crippen molar-refractivity contribution in [2.45, 2.75) is 31.1 Å². The summed E-state index contributed by atoms with van der Waals surface area (Å²) in [6, 6.07) is 14.3. The van der Waals surface area contributed by atoms with Crippen LogP contribution in [0, 0.1) is 5.41 Å². The monoisotopic (exact) mass is 369 g/mol. The molecule has 2 aliphatic rings. The van der Waals surface area contributed by atoms with Crippen LogP contribution in [-0.2, 0) is 23.1 Å². The van der Waals surface area contributed by atoms with Crippen LogP contribution in [0.2, 0.25) is 5.02 Å². The molecule has 0 saturated carbocycles. The number of aldehydes is 1. The number of nitrogens with one attached hydrogen (secondary N) is 1. The van der Waals surface area contributed by atoms with E-state index in [0.717, 1.165) is 37.9 Å². The van der Waals surface area contributed by atoms with Crippen molar-refractivity contribution in [3.63, 3.8) is 0 Å². The second-order valence-corrected chi connectivity index (χ2v) is 8.01. The fraction of sp³-hybridized carbons (Fsp3) is 0.409. The van der Waals surface area contributed by atoms with Crippen LogP contribution >= 0.6 is 11.6 Å². The van der Waals surface area contributed by atoms with E-state index in [1.807, 2.05) is 30.3 Å². The fourth-order valence-corrected chi connectivity index (χ4v) is 5.32. The maximum atomic E-state index is 12.7. The molecule has 0 amide bonds. The number of piperidine rings is 1. The molecular formula is C22H24ClNO2. The molecule has 0 bridgehead atoms. The van der Waals surface area contributed by atoms with Gasteiger partial charge < -0.3 is 14.8 Å². The molecule has 2 aromatic rings. The average molecular weight is 370 g/mol. The van der Waals surface area contributed by atoms with E-state index >= 15 is 0 Å². The van der Waals surface area contributed by atoms with E-state index in [-0.39, 0.29) is 5.41 Å². The fourth-order valence-electron chi connectivity index (χ4n) is 5.08. The molecule has 0 radical (unpaired) electrons. The lowest BCUT2D eigenvalue weighted by molar-refractivity contribution is -0.117. The van der Waals surface area contributed by atoms with Gasteiger partial charge in [-0.2, -0.15) is 0 Å². The molecule has 1 aliphatic heterocycles. The Morgan fingerprint density at radius 3 is 2.58 bits per heavy atom. The van der Waals surface area contributed by atoms with Gasteiger partial charge in [0.25, 0.3) is 0 Å². The smallest absolute Gasteiger partial charge is 0.137 e. The highest BCUT2D eigenvalue weighted by molar-refractivity contribution is 6.32. The third kappa shape index (κ3) is 2.57. The summed E-state index contributed by atoms with van der Waals surface area (Å²) < 4.78 is 5.43. The molecule has 4 heteroatoms. The lowest BCUT2D eigenvalue weighted by Gasteiger charge is -2.46. The van der Waals surface area contributed by atoms with E-state index in [2.05, 4.69) is 17.4 Å². The first-order chi connectivity index (χ1) is 12.6. The van der Waals surface area contributed by atoms with Crippen LogP contribution in [0.5, 0.6) is 5.75 Å². The van der Waals surface area contributed by atoms with E-state index in [9.17, 15) is 4.79 Å². The number of fused-ring (bicyclic) bond motifs is 1. The van der Waals surface area contributed by atoms with Gasteiger partial charge in [0, 0.05) is 0 Å². The van der Waals surface area contributed by atoms with E-state index in [4.69, 9.17) is 16.3 Å². The van der Waals surface area contributed by atoms with Crippen molar-refractivity contribution in [1.29, 1.82) is 0 Å². The van der Waals surface area contributed by atoms with Crippen LogP contribution in [0.4, 0.5) is 0 Å². The van der Waals surface area contributed by atoms with E-state index in [1.165, 1.54) is 17.4 Å². The highest BCUT2D eigenvalue weighted by Gasteiger charge is 2.57. The zero-order valence-electron chi connectivity index (χ0n) is 15.1. The van der Waals surface area contributed by atoms with Gasteiger partial charge >= 0.3 is 0 Å². The molecule has 4 rings (SSSR count). The van der Waals surface area contributed by atoms with Gasteiger partial charge in [0.2, 0.25) is 0 Å². The van der Waals surface area contributed by atoms with E-state index in [1.54, 1.807) is 7.11 Å². The Morgan fingerprint density at radius 2 is 1.92 bits per heavy atom. The van der Waals surface area contributed by atoms with Crippen molar-refractivity contribution in [1.82, 2.24) is 5.32 Å². The van der Waals surface area contributed by atoms with Gasteiger partial charge in [-0.3, -0.25) is 0 Å². The van der Waals surface area contributed by atoms with Gasteiger partial charge in [0.1, 0.15) is 12.0 Å². The molecule has 1 fully saturated rings. The van der Waals surface area contributed by atoms with Crippen LogP contribution in [0.1, 0.15) is 29.5 Å². The molecule has 0 aromatic heterocycles. The molecule has 26 heavy (non-hydrogen) atoms. The first-order valence-corrected chi connectivity index (χ1v) is 9.60. The van der Waals surface area contributed by atoms with E-state index < -0.39 is 5.41 Å². The summed E-state index contributed by atoms with van der Waals surface area (Å²) in [5.74, 6) is 0.691. The van der Waals surface area contributed by atoms with Gasteiger partial charge in [-0.15, -0.1) is 0 Å². The number of ether oxygens (including phenoxy) is 1. The SMILES string of the molecule is COc1cc2c(cc1Cl)C(C=O)(Cc1ccccc1)C1(CCNCC1)C2. The standard InChI is InChI=1S/C22H24ClNO2/c1-26-20-11-17-14-21(7-9-24-10-8-21)22(15-25,18(17)12-19(20)23)13-16-5-3-2-4-6-16/h2-6,11-12,15,24H,7-10,13-14H2,1H3. The number of hydrogen-bond donors (Lipinski definition) is 1. The molecule has 2 aromatic carbocycles. The Kier molecular flexibility index (Phi) is 4.54. The predicted octanol–water partition coefficient (Wildman–Crippen LogP) is 3.95. The molecule has 1 atom stereocenters. The van der Waals surface area contributed by atoms with E-state index in [0.29, 0.717) is 17.2 Å². The Labute approximate surface area is 159 Å². The van der Waals surface area contributed by atoms with Crippen molar-refractivity contribution in [2.24, 2.45) is 5.41 Å². The lowest BCUT2D eigenvalue weighted by atomic mass is 9.58. The Bertz CT molecular complexity index is 814. The first kappa shape index (κ1) is 17.6. The normalized spacial score (nSPS) is 23.6. The zero-order chi connectivity index (χ0) is 18.2. The Morgan fingerprint density at radius 1 is 1.19 bits per heavy atom. The maximum Gasteiger partial charge on any atom is 0.137 e. The molecule has 1 N–H and O–H groups in total. The molecule has 1 spiro atoms. The molecule has 1 saturated heterocycles. The summed E-state index contributed by atoms with van der Waals surface area (Å²) in [5, 5.41) is 4.04. The third-order valence-corrected chi connectivity index (χ3v) is 6.72. The Hall–Kier alpha value is -1.84. The van der Waals surface area contributed by atoms with Crippen LogP contribution in [0.3, 0.4) is 0 Å². The lowest BCUT2D eigenvalue weighted by Crippen LogP contribution is -2.51. The minimum atomic E-state index is -0.540. The summed E-state index contributed by atoms with van der Waals surface area (Å²) >= 11 is 6.47. The second-order valence-electron chi connectivity index (χ2n) is 7.60. The maximum absolute atomic E-state index is 12.7. The van der Waals surface area contributed by atoms with Gasteiger partial charge in [-0.25, -0.2) is 0 Å². The Balaban J connectivity index is 1.89. The number of methoxy groups -OCH3 is 1. The summed E-state index contributed by atoms with van der Waals surface area (Å²) in [4.78, 5) is 12.7. The average Bonchev–Trinajstić information content (AvgIpc) is 2.91. The molecule has 1 heterocycles. The number of halogens is 1. The van der Waals surface area contributed by atoms with Crippen LogP contribution in [0.25, 0.3) is 0 Å². The van der Waals surface area contributed by atoms with Gasteiger partial charge in [-0.1, -0.05) is 41.9 Å². The number of carbonyl (C=O) groups excluding carboxylic acids is 1. The zero-order valence-corrected chi connectivity index (χ0v) is 15.8. The second kappa shape index (κ2) is 6.71. The van der Waals surface area contributed by atoms with Crippen molar-refractivity contribution in [3.8, 4) is 5.75 Å². The molecule has 1 aliphatic carbocycles. The summed E-state index contributed by atoms with van der Waals surface area (Å²) in [6.45, 7) is 1.90. The number of benzene rings is 2. The summed E-state index contributed by atoms with van der Waals surface area (Å²) in [6.07, 6.45) is 4.82. The molecule has 3 nitrogen and oxygen atoms in total. The van der Waals surface area contributed by atoms with Crippen molar-refractivity contribution in [2.75, 3.05) is 20.2 Å². The minimum Gasteiger partial charge on any atom is -0.495 e. The predicted molar refractivity (Wildman–Crippen MR) is 104 cm³/mol. The van der Waals surface area contributed by atoms with Gasteiger partial charge in [0.05, 0.1) is 17.5 Å². The first-order valence-electron chi connectivity index (χ1n) is 9.22. The van der Waals surface area contributed by atoms with Crippen LogP contribution in [-0.4, -0.2) is 26.5 Å². The van der Waals surface area contributed by atoms with Crippen LogP contribution in [0.15, 0.2) is 42.5 Å². The highest BCUT2D eigenvalue weighted by atomic mass is 35.5.